The maximum atomic E-state index is 12.1. The summed E-state index contributed by atoms with van der Waals surface area (Å²) in [5.74, 6) is -3.75. The van der Waals surface area contributed by atoms with Crippen LogP contribution >= 0.6 is 12.6 Å². The molecular weight excluding hydrogens is 406 g/mol. The van der Waals surface area contributed by atoms with Crippen molar-refractivity contribution in [2.75, 3.05) is 18.8 Å². The lowest BCUT2D eigenvalue weighted by Crippen LogP contribution is -2.56. The summed E-state index contributed by atoms with van der Waals surface area (Å²) < 4.78 is 0. The molecule has 14 heteroatoms. The number of aliphatic hydroxyl groups excluding tert-OH is 1. The van der Waals surface area contributed by atoms with Gasteiger partial charge in [-0.3, -0.25) is 19.4 Å². The van der Waals surface area contributed by atoms with Gasteiger partial charge in [0.05, 0.1) is 18.7 Å². The fourth-order valence-electron chi connectivity index (χ4n) is 2.03. The minimum atomic E-state index is -1.54. The number of hydrogen-bond donors (Lipinski definition) is 9. The van der Waals surface area contributed by atoms with Gasteiger partial charge in [0.15, 0.2) is 12.0 Å². The first-order chi connectivity index (χ1) is 13.5. The molecule has 0 saturated heterocycles. The highest BCUT2D eigenvalue weighted by atomic mass is 32.1. The molecule has 0 fully saturated rings. The van der Waals surface area contributed by atoms with Crippen LogP contribution in [0.3, 0.4) is 0 Å². The van der Waals surface area contributed by atoms with Crippen molar-refractivity contribution >= 4 is 42.3 Å². The van der Waals surface area contributed by atoms with E-state index in [1.165, 1.54) is 6.92 Å². The molecule has 29 heavy (non-hydrogen) atoms. The zero-order valence-electron chi connectivity index (χ0n) is 16.0. The van der Waals surface area contributed by atoms with Gasteiger partial charge in [-0.1, -0.05) is 0 Å². The van der Waals surface area contributed by atoms with Crippen molar-refractivity contribution < 1.29 is 29.4 Å². The van der Waals surface area contributed by atoms with Crippen LogP contribution in [-0.2, 0) is 19.2 Å². The number of carbonyl (C=O) groups excluding carboxylic acids is 3. The van der Waals surface area contributed by atoms with Crippen molar-refractivity contribution in [2.24, 2.45) is 22.2 Å². The molecular formula is C15H29N7O6S. The quantitative estimate of drug-likeness (QED) is 0.0590. The Hall–Kier alpha value is -2.58. The third-order valence-electron chi connectivity index (χ3n) is 3.61. The lowest BCUT2D eigenvalue weighted by Gasteiger charge is -2.21. The number of carbonyl (C=O) groups is 4. The van der Waals surface area contributed by atoms with Crippen LogP contribution in [0.2, 0.25) is 0 Å². The SMILES string of the molecule is CC(O)C(NC(=O)C(CS)NC(=O)CNC(=O)C(N)CCCN=C(N)N)C(=O)O. The van der Waals surface area contributed by atoms with E-state index in [2.05, 4.69) is 33.6 Å². The Balaban J connectivity index is 4.47. The van der Waals surface area contributed by atoms with E-state index in [1.54, 1.807) is 0 Å². The van der Waals surface area contributed by atoms with Gasteiger partial charge in [-0.05, 0) is 19.8 Å². The number of nitrogens with two attached hydrogens (primary N) is 3. The van der Waals surface area contributed by atoms with Gasteiger partial charge in [0, 0.05) is 12.3 Å². The smallest absolute Gasteiger partial charge is 0.328 e. The third kappa shape index (κ3) is 11.1. The van der Waals surface area contributed by atoms with E-state index in [0.29, 0.717) is 19.4 Å². The number of rotatable bonds is 13. The molecule has 0 aromatic heterocycles. The zero-order chi connectivity index (χ0) is 22.6. The molecule has 4 unspecified atom stereocenters. The Morgan fingerprint density at radius 3 is 2.24 bits per heavy atom. The van der Waals surface area contributed by atoms with E-state index in [0.717, 1.165) is 0 Å². The van der Waals surface area contributed by atoms with Crippen molar-refractivity contribution in [3.05, 3.63) is 0 Å². The average molecular weight is 436 g/mol. The van der Waals surface area contributed by atoms with Crippen LogP contribution in [-0.4, -0.2) is 82.9 Å². The molecule has 0 aliphatic heterocycles. The number of carboxylic acids is 1. The summed E-state index contributed by atoms with van der Waals surface area (Å²) in [6.07, 6.45) is -0.586. The Kier molecular flexibility index (Phi) is 12.4. The molecule has 0 aromatic rings. The first-order valence-corrected chi connectivity index (χ1v) is 9.33. The van der Waals surface area contributed by atoms with Crippen LogP contribution in [0.4, 0.5) is 0 Å². The van der Waals surface area contributed by atoms with Gasteiger partial charge >= 0.3 is 5.97 Å². The molecule has 0 aromatic carbocycles. The van der Waals surface area contributed by atoms with E-state index in [9.17, 15) is 24.3 Å². The predicted octanol–water partition coefficient (Wildman–Crippen LogP) is -4.15. The first-order valence-electron chi connectivity index (χ1n) is 8.69. The molecule has 0 spiro atoms. The van der Waals surface area contributed by atoms with Gasteiger partial charge in [0.1, 0.15) is 6.04 Å². The molecule has 0 rings (SSSR count). The third-order valence-corrected chi connectivity index (χ3v) is 3.97. The summed E-state index contributed by atoms with van der Waals surface area (Å²) in [6, 6.07) is -3.58. The summed E-state index contributed by atoms with van der Waals surface area (Å²) in [4.78, 5) is 50.7. The minimum absolute atomic E-state index is 0.0643. The topological polar surface area (TPSA) is 235 Å². The number of hydrogen-bond acceptors (Lipinski definition) is 8. The predicted molar refractivity (Wildman–Crippen MR) is 108 cm³/mol. The maximum Gasteiger partial charge on any atom is 0.328 e. The Morgan fingerprint density at radius 1 is 1.14 bits per heavy atom. The van der Waals surface area contributed by atoms with Crippen molar-refractivity contribution in [1.82, 2.24) is 16.0 Å². The zero-order valence-corrected chi connectivity index (χ0v) is 16.9. The van der Waals surface area contributed by atoms with Crippen LogP contribution in [0.15, 0.2) is 4.99 Å². The number of amides is 3. The molecule has 13 nitrogen and oxygen atoms in total. The lowest BCUT2D eigenvalue weighted by molar-refractivity contribution is -0.145. The van der Waals surface area contributed by atoms with Gasteiger partial charge in [-0.25, -0.2) is 4.79 Å². The van der Waals surface area contributed by atoms with Crippen molar-refractivity contribution in [2.45, 2.75) is 44.0 Å². The number of nitrogens with one attached hydrogen (secondary N) is 3. The minimum Gasteiger partial charge on any atom is -0.480 e. The number of aliphatic carboxylic acids is 1. The number of carboxylic acid groups (broad SMARTS) is 1. The van der Waals surface area contributed by atoms with Gasteiger partial charge in [-0.15, -0.1) is 0 Å². The van der Waals surface area contributed by atoms with Crippen LogP contribution in [0.5, 0.6) is 0 Å². The lowest BCUT2D eigenvalue weighted by atomic mass is 10.1. The number of aliphatic imine (C=N–C) groups is 1. The summed E-state index contributed by atoms with van der Waals surface area (Å²) in [7, 11) is 0. The van der Waals surface area contributed by atoms with Gasteiger partial charge < -0.3 is 43.4 Å². The molecule has 0 heterocycles. The van der Waals surface area contributed by atoms with Crippen LogP contribution in [0, 0.1) is 0 Å². The highest BCUT2D eigenvalue weighted by Gasteiger charge is 2.29. The first kappa shape index (κ1) is 26.4. The second-order valence-electron chi connectivity index (χ2n) is 6.14. The van der Waals surface area contributed by atoms with Crippen LogP contribution in [0.1, 0.15) is 19.8 Å². The molecule has 0 saturated carbocycles. The molecule has 0 radical (unpaired) electrons. The molecule has 0 aliphatic carbocycles. The van der Waals surface area contributed by atoms with Gasteiger partial charge in [-0.2, -0.15) is 12.6 Å². The fraction of sp³-hybridized carbons (Fsp3) is 0.667. The van der Waals surface area contributed by atoms with Crippen LogP contribution < -0.4 is 33.2 Å². The van der Waals surface area contributed by atoms with E-state index in [4.69, 9.17) is 22.3 Å². The number of aliphatic hydroxyl groups is 1. The van der Waals surface area contributed by atoms with Crippen molar-refractivity contribution in [1.29, 1.82) is 0 Å². The summed E-state index contributed by atoms with van der Waals surface area (Å²) in [5.41, 5.74) is 16.0. The number of guanidine groups is 1. The van der Waals surface area contributed by atoms with Gasteiger partial charge in [0.25, 0.3) is 0 Å². The summed E-state index contributed by atoms with van der Waals surface area (Å²) in [6.45, 7) is 1.06. The van der Waals surface area contributed by atoms with Crippen molar-refractivity contribution in [3.63, 3.8) is 0 Å². The largest absolute Gasteiger partial charge is 0.480 e. The second kappa shape index (κ2) is 13.6. The molecule has 0 bridgehead atoms. The van der Waals surface area contributed by atoms with E-state index < -0.39 is 54.5 Å². The Morgan fingerprint density at radius 2 is 1.76 bits per heavy atom. The monoisotopic (exact) mass is 435 g/mol. The van der Waals surface area contributed by atoms with Crippen molar-refractivity contribution in [3.8, 4) is 0 Å². The average Bonchev–Trinajstić information content (AvgIpc) is 2.64. The molecule has 11 N–H and O–H groups in total. The highest BCUT2D eigenvalue weighted by Crippen LogP contribution is 1.97. The molecule has 3 amide bonds. The Labute approximate surface area is 173 Å². The van der Waals surface area contributed by atoms with Crippen LogP contribution in [0.25, 0.3) is 0 Å². The van der Waals surface area contributed by atoms with E-state index in [1.807, 2.05) is 0 Å². The number of nitrogens with zero attached hydrogens (tertiary/aromatic N) is 1. The normalized spacial score (nSPS) is 14.6. The molecule has 0 aliphatic rings. The Bertz CT molecular complexity index is 612. The maximum absolute atomic E-state index is 12.1. The molecule has 166 valence electrons. The summed E-state index contributed by atoms with van der Waals surface area (Å²) >= 11 is 3.94. The van der Waals surface area contributed by atoms with Gasteiger partial charge in [0.2, 0.25) is 17.7 Å². The van der Waals surface area contributed by atoms with E-state index in [-0.39, 0.29) is 11.7 Å². The number of thiol groups is 1. The molecule has 4 atom stereocenters. The summed E-state index contributed by atoms with van der Waals surface area (Å²) in [5, 5.41) is 25.1. The fourth-order valence-corrected chi connectivity index (χ4v) is 2.29. The standard InChI is InChI=1S/C15H29N7O6S/c1-7(23)11(14(27)28)22-13(26)9(6-29)21-10(24)5-20-12(25)8(16)3-2-4-19-15(17)18/h7-9,11,23,29H,2-6,16H2,1H3,(H,20,25)(H,21,24)(H,22,26)(H,27,28)(H4,17,18,19). The highest BCUT2D eigenvalue weighted by molar-refractivity contribution is 7.80. The second-order valence-corrected chi connectivity index (χ2v) is 6.51. The van der Waals surface area contributed by atoms with E-state index >= 15 is 0 Å².